The second-order valence-corrected chi connectivity index (χ2v) is 9.79. The second-order valence-electron chi connectivity index (χ2n) is 8.92. The van der Waals surface area contributed by atoms with Gasteiger partial charge < -0.3 is 15.7 Å². The molecule has 0 spiro atoms. The van der Waals surface area contributed by atoms with Crippen LogP contribution < -0.4 is 10.6 Å². The number of benzene rings is 2. The van der Waals surface area contributed by atoms with Crippen LogP contribution in [0.15, 0.2) is 48.5 Å². The lowest BCUT2D eigenvalue weighted by molar-refractivity contribution is -0.138. The number of piperidine rings is 1. The van der Waals surface area contributed by atoms with Gasteiger partial charge in [-0.1, -0.05) is 47.5 Å². The lowest BCUT2D eigenvalue weighted by Gasteiger charge is -2.41. The van der Waals surface area contributed by atoms with Gasteiger partial charge in [-0.15, -0.1) is 0 Å². The minimum absolute atomic E-state index is 0.0417. The largest absolute Gasteiger partial charge is 0.480 e. The van der Waals surface area contributed by atoms with Crippen molar-refractivity contribution in [1.82, 2.24) is 10.6 Å². The van der Waals surface area contributed by atoms with E-state index in [2.05, 4.69) is 10.6 Å². The van der Waals surface area contributed by atoms with E-state index in [1.165, 1.54) is 0 Å². The van der Waals surface area contributed by atoms with Crippen LogP contribution in [0.1, 0.15) is 48.6 Å². The molecule has 1 saturated heterocycles. The smallest absolute Gasteiger partial charge is 0.322 e. The molecule has 2 aromatic carbocycles. The monoisotopic (exact) mass is 488 g/mol. The van der Waals surface area contributed by atoms with E-state index in [-0.39, 0.29) is 30.2 Å². The van der Waals surface area contributed by atoms with Crippen molar-refractivity contribution in [2.24, 2.45) is 11.8 Å². The molecule has 4 atom stereocenters. The average Bonchev–Trinajstić information content (AvgIpc) is 3.60. The van der Waals surface area contributed by atoms with Crippen LogP contribution in [-0.2, 0) is 14.4 Å². The second kappa shape index (κ2) is 10.1. The van der Waals surface area contributed by atoms with Gasteiger partial charge in [-0.05, 0) is 60.6 Å². The maximum Gasteiger partial charge on any atom is 0.322 e. The summed E-state index contributed by atoms with van der Waals surface area (Å²) in [7, 11) is 0. The van der Waals surface area contributed by atoms with Crippen molar-refractivity contribution in [2.45, 2.75) is 43.6 Å². The van der Waals surface area contributed by atoms with Gasteiger partial charge in [0, 0.05) is 40.3 Å². The SMILES string of the molecule is O=C(O)CNC(=O)CC1CC(c2cccc(Cl)c2)C(C(c2ccc(Cl)cc2)C2CC2)NC1=O. The fourth-order valence-corrected chi connectivity index (χ4v) is 5.25. The van der Waals surface area contributed by atoms with Crippen LogP contribution >= 0.6 is 23.2 Å². The lowest BCUT2D eigenvalue weighted by atomic mass is 9.71. The molecule has 1 heterocycles. The number of halogens is 2. The molecule has 1 aliphatic heterocycles. The number of amides is 2. The molecule has 8 heteroatoms. The van der Waals surface area contributed by atoms with Crippen molar-refractivity contribution >= 4 is 41.0 Å². The number of hydrogen-bond acceptors (Lipinski definition) is 3. The number of carbonyl (C=O) groups excluding carboxylic acids is 2. The summed E-state index contributed by atoms with van der Waals surface area (Å²) in [6.45, 7) is -0.464. The molecule has 6 nitrogen and oxygen atoms in total. The number of carbonyl (C=O) groups is 3. The first-order valence-corrected chi connectivity index (χ1v) is 11.9. The molecule has 2 aliphatic rings. The maximum atomic E-state index is 13.1. The highest BCUT2D eigenvalue weighted by Crippen LogP contribution is 2.50. The van der Waals surface area contributed by atoms with E-state index in [1.54, 1.807) is 0 Å². The van der Waals surface area contributed by atoms with Gasteiger partial charge in [0.2, 0.25) is 11.8 Å². The van der Waals surface area contributed by atoms with Gasteiger partial charge in [0.25, 0.3) is 0 Å². The molecule has 33 heavy (non-hydrogen) atoms. The van der Waals surface area contributed by atoms with Gasteiger partial charge in [-0.2, -0.15) is 0 Å². The summed E-state index contributed by atoms with van der Waals surface area (Å²) in [5.74, 6) is -1.75. The minimum Gasteiger partial charge on any atom is -0.480 e. The van der Waals surface area contributed by atoms with Gasteiger partial charge in [-0.3, -0.25) is 14.4 Å². The minimum atomic E-state index is -1.12. The number of carboxylic acids is 1. The predicted octanol–water partition coefficient (Wildman–Crippen LogP) is 4.37. The van der Waals surface area contributed by atoms with E-state index in [4.69, 9.17) is 28.3 Å². The predicted molar refractivity (Wildman–Crippen MR) is 126 cm³/mol. The van der Waals surface area contributed by atoms with Crippen molar-refractivity contribution in [1.29, 1.82) is 0 Å². The fraction of sp³-hybridized carbons (Fsp3) is 0.400. The highest BCUT2D eigenvalue weighted by Gasteiger charge is 2.46. The molecule has 2 fully saturated rings. The van der Waals surface area contributed by atoms with Crippen molar-refractivity contribution in [3.8, 4) is 0 Å². The Hall–Kier alpha value is -2.57. The van der Waals surface area contributed by atoms with Gasteiger partial charge in [0.15, 0.2) is 0 Å². The summed E-state index contributed by atoms with van der Waals surface area (Å²) in [5, 5.41) is 15.7. The molecule has 1 saturated carbocycles. The third-order valence-corrected chi connectivity index (χ3v) is 7.06. The van der Waals surface area contributed by atoms with Crippen molar-refractivity contribution < 1.29 is 19.5 Å². The van der Waals surface area contributed by atoms with Crippen LogP contribution in [0, 0.1) is 11.8 Å². The number of hydrogen-bond donors (Lipinski definition) is 3. The number of nitrogens with one attached hydrogen (secondary N) is 2. The normalized spacial score (nSPS) is 23.5. The van der Waals surface area contributed by atoms with Crippen LogP contribution in [0.4, 0.5) is 0 Å². The van der Waals surface area contributed by atoms with E-state index < -0.39 is 24.3 Å². The highest BCUT2D eigenvalue weighted by atomic mass is 35.5. The summed E-state index contributed by atoms with van der Waals surface area (Å²) >= 11 is 12.4. The molecule has 4 rings (SSSR count). The molecule has 3 N–H and O–H groups in total. The quantitative estimate of drug-likeness (QED) is 0.514. The molecular formula is C25H26Cl2N2O4. The molecule has 174 valence electrons. The third-order valence-electron chi connectivity index (χ3n) is 6.57. The van der Waals surface area contributed by atoms with E-state index in [9.17, 15) is 14.4 Å². The van der Waals surface area contributed by atoms with Crippen LogP contribution in [0.2, 0.25) is 10.0 Å². The Labute approximate surface area is 202 Å². The maximum absolute atomic E-state index is 13.1. The zero-order valence-corrected chi connectivity index (χ0v) is 19.5. The third kappa shape index (κ3) is 5.87. The van der Waals surface area contributed by atoms with E-state index in [0.29, 0.717) is 22.4 Å². The standard InChI is InChI=1S/C25H26Cl2N2O4/c26-18-8-6-15(7-9-18)23(14-4-5-14)24-20(16-2-1-3-19(27)10-16)11-17(25(33)29-24)12-21(30)28-13-22(31)32/h1-3,6-10,14,17,20,23-24H,4-5,11-13H2,(H,28,30)(H,29,33)(H,31,32). The van der Waals surface area contributed by atoms with Crippen LogP contribution in [0.5, 0.6) is 0 Å². The zero-order valence-electron chi connectivity index (χ0n) is 18.0. The van der Waals surface area contributed by atoms with Crippen molar-refractivity contribution in [2.75, 3.05) is 6.54 Å². The van der Waals surface area contributed by atoms with Gasteiger partial charge >= 0.3 is 5.97 Å². The fourth-order valence-electron chi connectivity index (χ4n) is 4.92. The lowest BCUT2D eigenvalue weighted by Crippen LogP contribution is -2.52. The average molecular weight is 489 g/mol. The van der Waals surface area contributed by atoms with E-state index in [0.717, 1.165) is 24.0 Å². The summed E-state index contributed by atoms with van der Waals surface area (Å²) in [4.78, 5) is 36.1. The first kappa shape index (κ1) is 23.6. The Morgan fingerprint density at radius 2 is 1.82 bits per heavy atom. The van der Waals surface area contributed by atoms with Gasteiger partial charge in [0.1, 0.15) is 6.54 Å². The van der Waals surface area contributed by atoms with Crippen LogP contribution in [0.25, 0.3) is 0 Å². The van der Waals surface area contributed by atoms with Crippen molar-refractivity contribution in [3.63, 3.8) is 0 Å². The molecule has 0 aromatic heterocycles. The van der Waals surface area contributed by atoms with Crippen LogP contribution in [0.3, 0.4) is 0 Å². The molecular weight excluding hydrogens is 463 g/mol. The Balaban J connectivity index is 1.63. The first-order chi connectivity index (χ1) is 15.8. The Morgan fingerprint density at radius 1 is 1.09 bits per heavy atom. The van der Waals surface area contributed by atoms with Gasteiger partial charge in [-0.25, -0.2) is 0 Å². The number of aliphatic carboxylic acids is 1. The molecule has 0 radical (unpaired) electrons. The number of rotatable bonds is 8. The topological polar surface area (TPSA) is 95.5 Å². The van der Waals surface area contributed by atoms with Crippen LogP contribution in [-0.4, -0.2) is 35.5 Å². The first-order valence-electron chi connectivity index (χ1n) is 11.1. The molecule has 2 amide bonds. The summed E-state index contributed by atoms with van der Waals surface area (Å²) in [5.41, 5.74) is 2.15. The van der Waals surface area contributed by atoms with Gasteiger partial charge in [0.05, 0.1) is 0 Å². The Bertz CT molecular complexity index is 1040. The molecule has 1 aliphatic carbocycles. The Morgan fingerprint density at radius 3 is 2.45 bits per heavy atom. The summed E-state index contributed by atoms with van der Waals surface area (Å²) in [6.07, 6.45) is 2.62. The summed E-state index contributed by atoms with van der Waals surface area (Å²) < 4.78 is 0. The Kier molecular flexibility index (Phi) is 7.25. The van der Waals surface area contributed by atoms with E-state index >= 15 is 0 Å². The molecule has 0 bridgehead atoms. The van der Waals surface area contributed by atoms with E-state index in [1.807, 2.05) is 48.5 Å². The highest BCUT2D eigenvalue weighted by molar-refractivity contribution is 6.30. The molecule has 2 aromatic rings. The summed E-state index contributed by atoms with van der Waals surface area (Å²) in [6, 6.07) is 15.3. The van der Waals surface area contributed by atoms with Crippen molar-refractivity contribution in [3.05, 3.63) is 69.7 Å². The zero-order chi connectivity index (χ0) is 23.5. The number of carboxylic acid groups (broad SMARTS) is 1. The molecule has 4 unspecified atom stereocenters.